The maximum Gasteiger partial charge on any atom is 0.673 e. The van der Waals surface area contributed by atoms with Crippen molar-refractivity contribution in [2.24, 2.45) is 0 Å². The number of rotatable bonds is 3. The highest BCUT2D eigenvalue weighted by atomic mass is 127. The molecule has 0 aliphatic carbocycles. The van der Waals surface area contributed by atoms with E-state index in [1.54, 1.807) is 0 Å². The van der Waals surface area contributed by atoms with Crippen molar-refractivity contribution < 1.29 is 21.8 Å². The van der Waals surface area contributed by atoms with Gasteiger partial charge in [-0.15, -0.1) is 0 Å². The first-order valence-corrected chi connectivity index (χ1v) is 12.4. The zero-order chi connectivity index (χ0) is 26.2. The van der Waals surface area contributed by atoms with E-state index in [0.717, 1.165) is 0 Å². The van der Waals surface area contributed by atoms with Crippen LogP contribution in [-0.4, -0.2) is 31.6 Å². The van der Waals surface area contributed by atoms with Gasteiger partial charge in [0.2, 0.25) is 5.69 Å². The van der Waals surface area contributed by atoms with Crippen molar-refractivity contribution in [3.63, 3.8) is 0 Å². The quantitative estimate of drug-likeness (QED) is 0.114. The predicted octanol–water partition coefficient (Wildman–Crippen LogP) is 8.18. The molecule has 2 nitrogen and oxygen atoms in total. The summed E-state index contributed by atoms with van der Waals surface area (Å²) in [5, 5.41) is 0. The molecular weight excluding hydrogens is 566 g/mol. The smallest absolute Gasteiger partial charge is 0.418 e. The van der Waals surface area contributed by atoms with E-state index in [2.05, 4.69) is 147 Å². The van der Waals surface area contributed by atoms with Gasteiger partial charge in [-0.2, -0.15) is 4.58 Å². The van der Waals surface area contributed by atoms with Gasteiger partial charge in [0.25, 0.3) is 0 Å². The molecule has 0 spiro atoms. The summed E-state index contributed by atoms with van der Waals surface area (Å²) in [6.45, 7) is 9.23. The number of para-hydroxylation sites is 2. The molecule has 0 radical (unpaired) electrons. The van der Waals surface area contributed by atoms with Crippen LogP contribution in [-0.2, 0) is 10.8 Å². The zero-order valence-corrected chi connectivity index (χ0v) is 22.9. The van der Waals surface area contributed by atoms with Crippen molar-refractivity contribution in [2.45, 2.75) is 38.5 Å². The fourth-order valence-electron chi connectivity index (χ4n) is 4.98. The van der Waals surface area contributed by atoms with E-state index in [1.165, 1.54) is 37.5 Å². The van der Waals surface area contributed by atoms with E-state index >= 15 is 0 Å². The first-order valence-electron chi connectivity index (χ1n) is 11.3. The van der Waals surface area contributed by atoms with Gasteiger partial charge in [-0.25, -0.2) is 0 Å². The minimum absolute atomic E-state index is 0.00648. The van der Waals surface area contributed by atoms with Crippen molar-refractivity contribution in [1.29, 1.82) is 0 Å². The number of allylic oxidation sites excluding steroid dienone is 6. The van der Waals surface area contributed by atoms with Gasteiger partial charge in [0, 0.05) is 45.1 Å². The Bertz CT molecular complexity index is 1230. The lowest BCUT2D eigenvalue weighted by molar-refractivity contribution is -0.401. The molecule has 4 rings (SSSR count). The third-order valence-corrected chi connectivity index (χ3v) is 7.40. The van der Waals surface area contributed by atoms with Gasteiger partial charge in [0.1, 0.15) is 7.05 Å². The maximum absolute atomic E-state index is 9.75. The summed E-state index contributed by atoms with van der Waals surface area (Å²) in [6, 6.07) is 17.4. The van der Waals surface area contributed by atoms with Gasteiger partial charge in [0.15, 0.2) is 5.71 Å². The van der Waals surface area contributed by atoms with Crippen LogP contribution < -0.4 is 4.90 Å². The number of benzene rings is 2. The van der Waals surface area contributed by atoms with E-state index in [9.17, 15) is 17.3 Å². The Balaban J connectivity index is 0.000000623. The molecule has 0 fully saturated rings. The molecule has 0 unspecified atom stereocenters. The number of nitrogens with zero attached hydrogens (tertiary/aromatic N) is 2. The SMILES string of the molecule is CN1/C(=C/C=C(I)/C=C/C2=[N+](C)c3ccccc3C2(C)C)C(C)(C)c2ccccc21.F[B-](F)(F)F. The van der Waals surface area contributed by atoms with Gasteiger partial charge in [-0.05, 0) is 66.3 Å². The Kier molecular flexibility index (Phi) is 7.74. The van der Waals surface area contributed by atoms with Crippen LogP contribution in [0.3, 0.4) is 0 Å². The molecule has 2 aromatic carbocycles. The third-order valence-electron chi connectivity index (χ3n) is 6.68. The van der Waals surface area contributed by atoms with Crippen molar-refractivity contribution in [2.75, 3.05) is 19.0 Å². The average molecular weight is 596 g/mol. The predicted molar refractivity (Wildman–Crippen MR) is 148 cm³/mol. The summed E-state index contributed by atoms with van der Waals surface area (Å²) < 4.78 is 42.5. The molecule has 2 aliphatic heterocycles. The Labute approximate surface area is 219 Å². The second-order valence-electron chi connectivity index (χ2n) is 9.72. The second kappa shape index (κ2) is 9.95. The molecule has 0 saturated heterocycles. The number of hydrogen-bond acceptors (Lipinski definition) is 1. The summed E-state index contributed by atoms with van der Waals surface area (Å²) in [7, 11) is -1.67. The van der Waals surface area contributed by atoms with Crippen LogP contribution in [0.1, 0.15) is 38.8 Å². The third kappa shape index (κ3) is 5.73. The van der Waals surface area contributed by atoms with Crippen LogP contribution >= 0.6 is 22.6 Å². The minimum Gasteiger partial charge on any atom is -0.418 e. The van der Waals surface area contributed by atoms with Crippen molar-refractivity contribution in [3.05, 3.63) is 93.2 Å². The van der Waals surface area contributed by atoms with Gasteiger partial charge in [-0.1, -0.05) is 50.2 Å². The monoisotopic (exact) mass is 596 g/mol. The maximum atomic E-state index is 9.75. The van der Waals surface area contributed by atoms with Crippen LogP contribution in [0.5, 0.6) is 0 Å². The summed E-state index contributed by atoms with van der Waals surface area (Å²) in [6.07, 6.45) is 9.00. The lowest BCUT2D eigenvalue weighted by atomic mass is 9.81. The molecular formula is C27H30BF4IN2. The molecule has 0 bridgehead atoms. The zero-order valence-electron chi connectivity index (χ0n) is 20.8. The van der Waals surface area contributed by atoms with Crippen LogP contribution in [0, 0.1) is 0 Å². The molecule has 0 saturated carbocycles. The summed E-state index contributed by atoms with van der Waals surface area (Å²) in [5.74, 6) is 0. The molecule has 2 heterocycles. The van der Waals surface area contributed by atoms with Crippen LogP contribution in [0.15, 0.2) is 82.1 Å². The minimum atomic E-state index is -6.00. The Hall–Kier alpha value is -2.36. The van der Waals surface area contributed by atoms with Crippen molar-refractivity contribution >= 4 is 46.9 Å². The first kappa shape index (κ1) is 27.2. The van der Waals surface area contributed by atoms with Crippen LogP contribution in [0.2, 0.25) is 0 Å². The average Bonchev–Trinajstić information content (AvgIpc) is 3.08. The fourth-order valence-corrected chi connectivity index (χ4v) is 5.34. The number of halogens is 5. The van der Waals surface area contributed by atoms with E-state index in [0.29, 0.717) is 0 Å². The van der Waals surface area contributed by atoms with Crippen molar-refractivity contribution in [3.8, 4) is 0 Å². The van der Waals surface area contributed by atoms with Gasteiger partial charge < -0.3 is 22.2 Å². The van der Waals surface area contributed by atoms with E-state index in [-0.39, 0.29) is 10.8 Å². The van der Waals surface area contributed by atoms with E-state index < -0.39 is 7.25 Å². The Morgan fingerprint density at radius 1 is 0.914 bits per heavy atom. The molecule has 186 valence electrons. The van der Waals surface area contributed by atoms with Crippen molar-refractivity contribution in [1.82, 2.24) is 0 Å². The lowest BCUT2D eigenvalue weighted by Crippen LogP contribution is -2.26. The lowest BCUT2D eigenvalue weighted by Gasteiger charge is -2.23. The molecule has 2 aliphatic rings. The number of anilines is 1. The van der Waals surface area contributed by atoms with Crippen LogP contribution in [0.4, 0.5) is 28.6 Å². The second-order valence-corrected chi connectivity index (χ2v) is 11.0. The van der Waals surface area contributed by atoms with Gasteiger partial charge in [0.05, 0.1) is 5.41 Å². The molecule has 35 heavy (non-hydrogen) atoms. The van der Waals surface area contributed by atoms with E-state index in [1.807, 2.05) is 0 Å². The normalized spacial score (nSPS) is 19.7. The highest BCUT2D eigenvalue weighted by Crippen LogP contribution is 2.46. The first-order chi connectivity index (χ1) is 16.2. The highest BCUT2D eigenvalue weighted by molar-refractivity contribution is 14.1. The number of hydrogen-bond donors (Lipinski definition) is 0. The van der Waals surface area contributed by atoms with Gasteiger partial charge >= 0.3 is 7.25 Å². The summed E-state index contributed by atoms with van der Waals surface area (Å²) in [4.78, 5) is 2.32. The number of likely N-dealkylation sites (N-methyl/N-ethyl adjacent to an activating group) is 1. The van der Waals surface area contributed by atoms with E-state index in [4.69, 9.17) is 0 Å². The molecule has 0 amide bonds. The standard InChI is InChI=1S/C27H30IN2.BF4/c1-26(2)20-11-7-9-13-22(20)29(5)24(26)17-15-19(28)16-18-25-27(3,4)21-12-8-10-14-23(21)30(25)6;2-1(3,4)5/h7-18H,1-6H3;/q+1;-1. The Morgan fingerprint density at radius 2 is 1.46 bits per heavy atom. The fraction of sp³-hybridized carbons (Fsp3) is 0.296. The molecule has 0 atom stereocenters. The topological polar surface area (TPSA) is 6.25 Å². The van der Waals surface area contributed by atoms with Gasteiger partial charge in [-0.3, -0.25) is 0 Å². The molecule has 0 N–H and O–H groups in total. The van der Waals surface area contributed by atoms with Crippen LogP contribution in [0.25, 0.3) is 0 Å². The summed E-state index contributed by atoms with van der Waals surface area (Å²) >= 11 is 2.43. The largest absolute Gasteiger partial charge is 0.673 e. The number of fused-ring (bicyclic) bond motifs is 2. The molecule has 0 aromatic heterocycles. The Morgan fingerprint density at radius 3 is 2.03 bits per heavy atom. The highest BCUT2D eigenvalue weighted by Gasteiger charge is 2.42. The molecule has 2 aromatic rings. The molecule has 8 heteroatoms. The summed E-state index contributed by atoms with van der Waals surface area (Å²) in [5.41, 5.74) is 8.04.